The number of fused-ring (bicyclic) bond motifs is 1. The van der Waals surface area contributed by atoms with Gasteiger partial charge in [0.25, 0.3) is 0 Å². The van der Waals surface area contributed by atoms with Gasteiger partial charge in [-0.2, -0.15) is 0 Å². The molecule has 0 saturated heterocycles. The van der Waals surface area contributed by atoms with E-state index in [9.17, 15) is 0 Å². The highest BCUT2D eigenvalue weighted by Gasteiger charge is 2.00. The molecule has 0 radical (unpaired) electrons. The highest BCUT2D eigenvalue weighted by atomic mass is 16.3. The Labute approximate surface area is 81.7 Å². The maximum Gasteiger partial charge on any atom is 0.178 e. The minimum atomic E-state index is -0.0137. The standard InChI is InChI=1S/C10H11N3O/c1-2-8-5-11-9-3-7(6-14)4-12-10(9)13-8/h3-5,14H,2,6H2,1H3. The molecule has 1 N–H and O–H groups in total. The molecule has 2 aromatic heterocycles. The monoisotopic (exact) mass is 189 g/mol. The zero-order chi connectivity index (χ0) is 9.97. The molecule has 14 heavy (non-hydrogen) atoms. The Morgan fingerprint density at radius 3 is 2.86 bits per heavy atom. The van der Waals surface area contributed by atoms with E-state index in [1.165, 1.54) is 0 Å². The Hall–Kier alpha value is -1.55. The molecule has 0 amide bonds. The Morgan fingerprint density at radius 1 is 1.29 bits per heavy atom. The third-order valence-corrected chi connectivity index (χ3v) is 2.05. The van der Waals surface area contributed by atoms with Gasteiger partial charge >= 0.3 is 0 Å². The van der Waals surface area contributed by atoms with Gasteiger partial charge in [-0.3, -0.25) is 4.98 Å². The lowest BCUT2D eigenvalue weighted by atomic mass is 10.2. The van der Waals surface area contributed by atoms with Gasteiger partial charge in [-0.05, 0) is 18.1 Å². The number of nitrogens with zero attached hydrogens (tertiary/aromatic N) is 3. The number of rotatable bonds is 2. The normalized spacial score (nSPS) is 10.7. The van der Waals surface area contributed by atoms with Crippen LogP contribution in [-0.2, 0) is 13.0 Å². The maximum atomic E-state index is 8.91. The van der Waals surface area contributed by atoms with Gasteiger partial charge in [0, 0.05) is 12.4 Å². The van der Waals surface area contributed by atoms with E-state index < -0.39 is 0 Å². The number of aromatic nitrogens is 3. The number of aryl methyl sites for hydroxylation is 1. The van der Waals surface area contributed by atoms with Crippen LogP contribution >= 0.6 is 0 Å². The summed E-state index contributed by atoms with van der Waals surface area (Å²) in [7, 11) is 0. The molecule has 2 heterocycles. The number of hydrogen-bond donors (Lipinski definition) is 1. The van der Waals surface area contributed by atoms with Crippen LogP contribution in [0.3, 0.4) is 0 Å². The van der Waals surface area contributed by atoms with Crippen LogP contribution in [0.25, 0.3) is 11.2 Å². The van der Waals surface area contributed by atoms with Crippen LogP contribution < -0.4 is 0 Å². The highest BCUT2D eigenvalue weighted by Crippen LogP contribution is 2.09. The van der Waals surface area contributed by atoms with Crippen molar-refractivity contribution in [3.8, 4) is 0 Å². The molecule has 0 aliphatic heterocycles. The SMILES string of the molecule is CCc1cnc2cc(CO)cnc2n1. The van der Waals surface area contributed by atoms with Crippen molar-refractivity contribution in [2.75, 3.05) is 0 Å². The van der Waals surface area contributed by atoms with E-state index in [0.717, 1.165) is 23.2 Å². The second-order valence-corrected chi connectivity index (χ2v) is 3.06. The first kappa shape index (κ1) is 9.02. The van der Waals surface area contributed by atoms with E-state index in [0.29, 0.717) is 5.65 Å². The predicted molar refractivity (Wildman–Crippen MR) is 52.6 cm³/mol. The molecule has 0 fully saturated rings. The van der Waals surface area contributed by atoms with Gasteiger partial charge in [0.1, 0.15) is 5.52 Å². The van der Waals surface area contributed by atoms with Crippen molar-refractivity contribution >= 4 is 11.2 Å². The number of hydrogen-bond acceptors (Lipinski definition) is 4. The zero-order valence-corrected chi connectivity index (χ0v) is 7.94. The summed E-state index contributed by atoms with van der Waals surface area (Å²) in [6.45, 7) is 2.01. The van der Waals surface area contributed by atoms with Crippen LogP contribution in [0.2, 0.25) is 0 Å². The fourth-order valence-electron chi connectivity index (χ4n) is 1.23. The van der Waals surface area contributed by atoms with Crippen LogP contribution in [-0.4, -0.2) is 20.1 Å². The Morgan fingerprint density at radius 2 is 2.14 bits per heavy atom. The quantitative estimate of drug-likeness (QED) is 0.768. The van der Waals surface area contributed by atoms with Gasteiger partial charge in [-0.15, -0.1) is 0 Å². The number of aliphatic hydroxyl groups excluding tert-OH is 1. The molecule has 72 valence electrons. The fraction of sp³-hybridized carbons (Fsp3) is 0.300. The molecule has 2 rings (SSSR count). The molecule has 2 aromatic rings. The summed E-state index contributed by atoms with van der Waals surface area (Å²) in [5.74, 6) is 0. The molecule has 0 aliphatic carbocycles. The molecule has 4 heteroatoms. The molecule has 0 spiro atoms. The molecule has 0 aromatic carbocycles. The largest absolute Gasteiger partial charge is 0.392 e. The predicted octanol–water partition coefficient (Wildman–Crippen LogP) is 1.08. The Kier molecular flexibility index (Phi) is 2.37. The minimum absolute atomic E-state index is 0.0137. The van der Waals surface area contributed by atoms with Crippen LogP contribution in [0.15, 0.2) is 18.5 Å². The fourth-order valence-corrected chi connectivity index (χ4v) is 1.23. The third-order valence-electron chi connectivity index (χ3n) is 2.05. The molecule has 4 nitrogen and oxygen atoms in total. The van der Waals surface area contributed by atoms with Gasteiger partial charge in [0.05, 0.1) is 12.3 Å². The lowest BCUT2D eigenvalue weighted by Gasteiger charge is -2.00. The molecule has 0 unspecified atom stereocenters. The average Bonchev–Trinajstić information content (AvgIpc) is 2.27. The van der Waals surface area contributed by atoms with Crippen molar-refractivity contribution in [1.29, 1.82) is 0 Å². The summed E-state index contributed by atoms with van der Waals surface area (Å²) < 4.78 is 0. The first-order valence-corrected chi connectivity index (χ1v) is 4.55. The van der Waals surface area contributed by atoms with E-state index in [1.807, 2.05) is 6.92 Å². The minimum Gasteiger partial charge on any atom is -0.392 e. The number of pyridine rings is 1. The topological polar surface area (TPSA) is 58.9 Å². The summed E-state index contributed by atoms with van der Waals surface area (Å²) in [4.78, 5) is 12.7. The molecule has 0 saturated carbocycles. The second kappa shape index (κ2) is 3.67. The Balaban J connectivity index is 2.57. The summed E-state index contributed by atoms with van der Waals surface area (Å²) in [5.41, 5.74) is 3.06. The molecule has 0 aliphatic rings. The van der Waals surface area contributed by atoms with E-state index in [-0.39, 0.29) is 6.61 Å². The van der Waals surface area contributed by atoms with E-state index in [1.54, 1.807) is 18.5 Å². The number of aliphatic hydroxyl groups is 1. The first-order chi connectivity index (χ1) is 6.83. The van der Waals surface area contributed by atoms with Crippen molar-refractivity contribution < 1.29 is 5.11 Å². The van der Waals surface area contributed by atoms with Gasteiger partial charge in [-0.1, -0.05) is 6.92 Å². The van der Waals surface area contributed by atoms with Crippen LogP contribution in [0, 0.1) is 0 Å². The first-order valence-electron chi connectivity index (χ1n) is 4.55. The zero-order valence-electron chi connectivity index (χ0n) is 7.94. The van der Waals surface area contributed by atoms with E-state index in [2.05, 4.69) is 15.0 Å². The van der Waals surface area contributed by atoms with E-state index >= 15 is 0 Å². The second-order valence-electron chi connectivity index (χ2n) is 3.06. The van der Waals surface area contributed by atoms with Gasteiger partial charge in [0.2, 0.25) is 0 Å². The van der Waals surface area contributed by atoms with Gasteiger partial charge in [0.15, 0.2) is 5.65 Å². The molecular formula is C10H11N3O. The molecular weight excluding hydrogens is 178 g/mol. The van der Waals surface area contributed by atoms with Crippen LogP contribution in [0.4, 0.5) is 0 Å². The van der Waals surface area contributed by atoms with Crippen molar-refractivity contribution in [1.82, 2.24) is 15.0 Å². The Bertz CT molecular complexity index is 413. The van der Waals surface area contributed by atoms with Crippen molar-refractivity contribution in [2.24, 2.45) is 0 Å². The van der Waals surface area contributed by atoms with Crippen molar-refractivity contribution in [3.63, 3.8) is 0 Å². The maximum absolute atomic E-state index is 8.91. The lowest BCUT2D eigenvalue weighted by molar-refractivity contribution is 0.281. The van der Waals surface area contributed by atoms with Crippen LogP contribution in [0.1, 0.15) is 18.2 Å². The highest BCUT2D eigenvalue weighted by molar-refractivity contribution is 5.69. The summed E-state index contributed by atoms with van der Waals surface area (Å²) in [6, 6.07) is 1.80. The smallest absolute Gasteiger partial charge is 0.178 e. The summed E-state index contributed by atoms with van der Waals surface area (Å²) >= 11 is 0. The van der Waals surface area contributed by atoms with Gasteiger partial charge < -0.3 is 5.11 Å². The molecule has 0 bridgehead atoms. The third kappa shape index (κ3) is 1.56. The van der Waals surface area contributed by atoms with Crippen LogP contribution in [0.5, 0.6) is 0 Å². The van der Waals surface area contributed by atoms with Gasteiger partial charge in [-0.25, -0.2) is 9.97 Å². The summed E-state index contributed by atoms with van der Waals surface area (Å²) in [6.07, 6.45) is 4.22. The molecule has 0 atom stereocenters. The van der Waals surface area contributed by atoms with Crippen molar-refractivity contribution in [3.05, 3.63) is 29.7 Å². The summed E-state index contributed by atoms with van der Waals surface area (Å²) in [5, 5.41) is 8.91. The van der Waals surface area contributed by atoms with E-state index in [4.69, 9.17) is 5.11 Å². The van der Waals surface area contributed by atoms with Crippen molar-refractivity contribution in [2.45, 2.75) is 20.0 Å². The lowest BCUT2D eigenvalue weighted by Crippen LogP contribution is -1.95. The average molecular weight is 189 g/mol.